The highest BCUT2D eigenvalue weighted by molar-refractivity contribution is 7.22. The van der Waals surface area contributed by atoms with Gasteiger partial charge in [-0.15, -0.1) is 0 Å². The molecule has 0 fully saturated rings. The fraction of sp³-hybridized carbons (Fsp3) is 0.188. The van der Waals surface area contributed by atoms with E-state index in [9.17, 15) is 4.39 Å². The third kappa shape index (κ3) is 2.83. The molecule has 0 unspecified atom stereocenters. The molecule has 1 heterocycles. The Kier molecular flexibility index (Phi) is 3.75. The fourth-order valence-electron chi connectivity index (χ4n) is 2.38. The van der Waals surface area contributed by atoms with E-state index in [0.717, 1.165) is 22.3 Å². The number of nitrogen functional groups attached to an aromatic ring is 1. The smallest absolute Gasteiger partial charge is 0.181 e. The maximum absolute atomic E-state index is 13.9. The molecule has 0 aliphatic heterocycles. The summed E-state index contributed by atoms with van der Waals surface area (Å²) in [7, 11) is 0. The van der Waals surface area contributed by atoms with E-state index in [2.05, 4.69) is 11.1 Å². The molecule has 2 aromatic carbocycles. The molecule has 0 amide bonds. The van der Waals surface area contributed by atoms with Crippen LogP contribution >= 0.6 is 11.3 Å². The van der Waals surface area contributed by atoms with E-state index in [1.807, 2.05) is 36.1 Å². The zero-order valence-corrected chi connectivity index (χ0v) is 12.5. The molecule has 3 rings (SSSR count). The molecule has 0 bridgehead atoms. The Balaban J connectivity index is 1.90. The van der Waals surface area contributed by atoms with Crippen LogP contribution in [0.15, 0.2) is 42.5 Å². The summed E-state index contributed by atoms with van der Waals surface area (Å²) in [5, 5.41) is 0.573. The van der Waals surface area contributed by atoms with Gasteiger partial charge in [0.05, 0.1) is 15.9 Å². The van der Waals surface area contributed by atoms with Crippen LogP contribution in [0.25, 0.3) is 10.2 Å². The molecule has 2 N–H and O–H groups in total. The number of nitrogens with two attached hydrogens (primary N) is 1. The molecule has 21 heavy (non-hydrogen) atoms. The normalized spacial score (nSPS) is 11.0. The van der Waals surface area contributed by atoms with Gasteiger partial charge in [-0.05, 0) is 36.8 Å². The van der Waals surface area contributed by atoms with Crippen molar-refractivity contribution in [2.75, 3.05) is 17.2 Å². The first-order valence-corrected chi connectivity index (χ1v) is 7.63. The van der Waals surface area contributed by atoms with Crippen LogP contribution in [0, 0.1) is 5.82 Å². The predicted molar refractivity (Wildman–Crippen MR) is 87.2 cm³/mol. The van der Waals surface area contributed by atoms with Crippen LogP contribution in [0.5, 0.6) is 0 Å². The molecule has 1 aromatic heterocycles. The van der Waals surface area contributed by atoms with E-state index in [-0.39, 0.29) is 5.82 Å². The molecule has 3 nitrogen and oxygen atoms in total. The number of hydrogen-bond donors (Lipinski definition) is 1. The van der Waals surface area contributed by atoms with Crippen LogP contribution in [0.2, 0.25) is 0 Å². The second-order valence-electron chi connectivity index (χ2n) is 4.82. The van der Waals surface area contributed by atoms with Crippen molar-refractivity contribution in [2.24, 2.45) is 0 Å². The number of fused-ring (bicyclic) bond motifs is 1. The minimum atomic E-state index is -0.192. The molecule has 0 radical (unpaired) electrons. The van der Waals surface area contributed by atoms with Crippen LogP contribution in [-0.4, -0.2) is 11.5 Å². The first kappa shape index (κ1) is 13.8. The standard InChI is InChI=1S/C16H16FN3S/c1-2-20(14-6-4-3-5-12(14)17)10-11-7-8-13-15(9-11)21-16(18)19-13/h3-9H,2,10H2,1H3,(H2,18,19). The van der Waals surface area contributed by atoms with Gasteiger partial charge in [0.1, 0.15) is 5.82 Å². The molecule has 0 aliphatic rings. The monoisotopic (exact) mass is 301 g/mol. The summed E-state index contributed by atoms with van der Waals surface area (Å²) in [6.07, 6.45) is 0. The average molecular weight is 301 g/mol. The van der Waals surface area contributed by atoms with Crippen molar-refractivity contribution < 1.29 is 4.39 Å². The topological polar surface area (TPSA) is 42.2 Å². The van der Waals surface area contributed by atoms with Gasteiger partial charge in [0.15, 0.2) is 5.13 Å². The number of anilines is 2. The van der Waals surface area contributed by atoms with Crippen molar-refractivity contribution in [3.63, 3.8) is 0 Å². The Bertz CT molecular complexity index is 769. The van der Waals surface area contributed by atoms with Gasteiger partial charge < -0.3 is 10.6 Å². The van der Waals surface area contributed by atoms with E-state index in [0.29, 0.717) is 17.4 Å². The summed E-state index contributed by atoms with van der Waals surface area (Å²) in [5.74, 6) is -0.192. The summed E-state index contributed by atoms with van der Waals surface area (Å²) in [6, 6.07) is 12.9. The Morgan fingerprint density at radius 1 is 1.24 bits per heavy atom. The Morgan fingerprint density at radius 3 is 2.81 bits per heavy atom. The third-order valence-electron chi connectivity index (χ3n) is 3.42. The number of rotatable bonds is 4. The second-order valence-corrected chi connectivity index (χ2v) is 5.88. The van der Waals surface area contributed by atoms with Crippen molar-refractivity contribution in [3.05, 3.63) is 53.8 Å². The van der Waals surface area contributed by atoms with Crippen molar-refractivity contribution in [1.82, 2.24) is 4.98 Å². The zero-order valence-electron chi connectivity index (χ0n) is 11.7. The zero-order chi connectivity index (χ0) is 14.8. The molecule has 108 valence electrons. The first-order chi connectivity index (χ1) is 10.2. The van der Waals surface area contributed by atoms with Crippen LogP contribution in [0.3, 0.4) is 0 Å². The summed E-state index contributed by atoms with van der Waals surface area (Å²) in [5.41, 5.74) is 8.39. The van der Waals surface area contributed by atoms with E-state index in [1.165, 1.54) is 17.4 Å². The van der Waals surface area contributed by atoms with E-state index in [4.69, 9.17) is 5.73 Å². The summed E-state index contributed by atoms with van der Waals surface area (Å²) in [6.45, 7) is 3.42. The lowest BCUT2D eigenvalue weighted by molar-refractivity contribution is 0.618. The quantitative estimate of drug-likeness (QED) is 0.790. The lowest BCUT2D eigenvalue weighted by Gasteiger charge is -2.23. The predicted octanol–water partition coefficient (Wildman–Crippen LogP) is 4.04. The summed E-state index contributed by atoms with van der Waals surface area (Å²) in [4.78, 5) is 6.26. The number of hydrogen-bond acceptors (Lipinski definition) is 4. The Hall–Kier alpha value is -2.14. The van der Waals surface area contributed by atoms with E-state index in [1.54, 1.807) is 6.07 Å². The number of halogens is 1. The van der Waals surface area contributed by atoms with Gasteiger partial charge in [0, 0.05) is 13.1 Å². The highest BCUT2D eigenvalue weighted by atomic mass is 32.1. The van der Waals surface area contributed by atoms with Crippen LogP contribution in [0.1, 0.15) is 12.5 Å². The highest BCUT2D eigenvalue weighted by Gasteiger charge is 2.11. The number of para-hydroxylation sites is 1. The second kappa shape index (κ2) is 5.69. The average Bonchev–Trinajstić information content (AvgIpc) is 2.85. The van der Waals surface area contributed by atoms with E-state index < -0.39 is 0 Å². The molecule has 3 aromatic rings. The summed E-state index contributed by atoms with van der Waals surface area (Å²) >= 11 is 1.47. The number of thiazole rings is 1. The van der Waals surface area contributed by atoms with Gasteiger partial charge in [0.2, 0.25) is 0 Å². The molecule has 0 atom stereocenters. The van der Waals surface area contributed by atoms with Gasteiger partial charge >= 0.3 is 0 Å². The Labute approximate surface area is 126 Å². The molecular formula is C16H16FN3S. The van der Waals surface area contributed by atoms with Gasteiger partial charge in [-0.25, -0.2) is 9.37 Å². The minimum Gasteiger partial charge on any atom is -0.375 e. The lowest BCUT2D eigenvalue weighted by Crippen LogP contribution is -2.22. The van der Waals surface area contributed by atoms with Crippen LogP contribution in [0.4, 0.5) is 15.2 Å². The van der Waals surface area contributed by atoms with Crippen LogP contribution in [-0.2, 0) is 6.54 Å². The van der Waals surface area contributed by atoms with E-state index >= 15 is 0 Å². The van der Waals surface area contributed by atoms with Gasteiger partial charge in [-0.1, -0.05) is 29.5 Å². The highest BCUT2D eigenvalue weighted by Crippen LogP contribution is 2.26. The molecule has 5 heteroatoms. The van der Waals surface area contributed by atoms with Gasteiger partial charge in [-0.3, -0.25) is 0 Å². The molecule has 0 aliphatic carbocycles. The maximum atomic E-state index is 13.9. The maximum Gasteiger partial charge on any atom is 0.181 e. The number of nitrogens with zero attached hydrogens (tertiary/aromatic N) is 2. The minimum absolute atomic E-state index is 0.192. The molecule has 0 spiro atoms. The largest absolute Gasteiger partial charge is 0.375 e. The molecule has 0 saturated heterocycles. The SMILES string of the molecule is CCN(Cc1ccc2nc(N)sc2c1)c1ccccc1F. The van der Waals surface area contributed by atoms with Crippen molar-refractivity contribution >= 4 is 32.4 Å². The number of aromatic nitrogens is 1. The first-order valence-electron chi connectivity index (χ1n) is 6.82. The molecule has 0 saturated carbocycles. The number of benzene rings is 2. The molecular weight excluding hydrogens is 285 g/mol. The Morgan fingerprint density at radius 2 is 2.05 bits per heavy atom. The summed E-state index contributed by atoms with van der Waals surface area (Å²) < 4.78 is 15.0. The van der Waals surface area contributed by atoms with Gasteiger partial charge in [-0.2, -0.15) is 0 Å². The van der Waals surface area contributed by atoms with Crippen molar-refractivity contribution in [1.29, 1.82) is 0 Å². The van der Waals surface area contributed by atoms with Crippen molar-refractivity contribution in [2.45, 2.75) is 13.5 Å². The fourth-order valence-corrected chi connectivity index (χ4v) is 3.18. The van der Waals surface area contributed by atoms with Gasteiger partial charge in [0.25, 0.3) is 0 Å². The van der Waals surface area contributed by atoms with Crippen molar-refractivity contribution in [3.8, 4) is 0 Å². The third-order valence-corrected chi connectivity index (χ3v) is 4.27. The van der Waals surface area contributed by atoms with Crippen LogP contribution < -0.4 is 10.6 Å². The lowest BCUT2D eigenvalue weighted by atomic mass is 10.2.